The van der Waals surface area contributed by atoms with Gasteiger partial charge in [0, 0.05) is 17.6 Å². The lowest BCUT2D eigenvalue weighted by Gasteiger charge is -2.07. The second-order valence-corrected chi connectivity index (χ2v) is 7.92. The van der Waals surface area contributed by atoms with Gasteiger partial charge in [-0.3, -0.25) is 9.55 Å². The van der Waals surface area contributed by atoms with Crippen LogP contribution < -0.4 is 11.4 Å². The summed E-state index contributed by atoms with van der Waals surface area (Å²) < 4.78 is 21.9. The van der Waals surface area contributed by atoms with E-state index < -0.39 is 15.4 Å². The van der Waals surface area contributed by atoms with E-state index in [1.165, 1.54) is 4.57 Å². The third-order valence-corrected chi connectivity index (χ3v) is 5.49. The topological polar surface area (TPSA) is 143 Å². The third-order valence-electron chi connectivity index (χ3n) is 3.73. The minimum Gasteiger partial charge on any atom is -0.382 e. The molecule has 0 aromatic carbocycles. The van der Waals surface area contributed by atoms with E-state index in [0.717, 1.165) is 11.3 Å². The lowest BCUT2D eigenvalue weighted by Crippen LogP contribution is -2.18. The Labute approximate surface area is 144 Å². The standard InChI is InChI=1S/C15H19N7O2S/c1-3-6-25(17,24)14-20-12(16)11-13(21-14)22(15(23)19-11)8-10-5-4-9(2)18-7-10/h4-5,7,17H,3,6,8H2,1-2H3,(H,19,23)(H2,16,20,21). The Hall–Kier alpha value is -2.75. The highest BCUT2D eigenvalue weighted by atomic mass is 32.2. The van der Waals surface area contributed by atoms with Crippen LogP contribution >= 0.6 is 0 Å². The van der Waals surface area contributed by atoms with E-state index in [9.17, 15) is 9.00 Å². The quantitative estimate of drug-likeness (QED) is 0.584. The highest BCUT2D eigenvalue weighted by molar-refractivity contribution is 7.92. The molecule has 0 saturated heterocycles. The number of rotatable bonds is 5. The Morgan fingerprint density at radius 3 is 2.76 bits per heavy atom. The van der Waals surface area contributed by atoms with Crippen LogP contribution in [0, 0.1) is 11.7 Å². The molecule has 9 nitrogen and oxygen atoms in total. The molecule has 0 aliphatic carbocycles. The zero-order chi connectivity index (χ0) is 18.2. The van der Waals surface area contributed by atoms with Gasteiger partial charge >= 0.3 is 5.69 Å². The van der Waals surface area contributed by atoms with Crippen molar-refractivity contribution in [2.45, 2.75) is 32.0 Å². The van der Waals surface area contributed by atoms with E-state index >= 15 is 0 Å². The Bertz CT molecular complexity index is 1080. The largest absolute Gasteiger partial charge is 0.382 e. The molecule has 3 rings (SSSR count). The normalized spacial score (nSPS) is 13.8. The molecule has 0 aliphatic heterocycles. The molecule has 10 heteroatoms. The van der Waals surface area contributed by atoms with Gasteiger partial charge in [-0.1, -0.05) is 13.0 Å². The van der Waals surface area contributed by atoms with Crippen LogP contribution in [0.15, 0.2) is 28.3 Å². The fourth-order valence-electron chi connectivity index (χ4n) is 2.48. The molecule has 0 saturated carbocycles. The summed E-state index contributed by atoms with van der Waals surface area (Å²) in [5.41, 5.74) is 7.69. The van der Waals surface area contributed by atoms with Gasteiger partial charge in [0.2, 0.25) is 5.16 Å². The number of nitrogen functional groups attached to an aromatic ring is 1. The summed E-state index contributed by atoms with van der Waals surface area (Å²) in [7, 11) is -3.15. The first-order chi connectivity index (χ1) is 11.8. The van der Waals surface area contributed by atoms with E-state index in [1.54, 1.807) is 6.20 Å². The molecule has 0 fully saturated rings. The predicted octanol–water partition coefficient (Wildman–Crippen LogP) is 1.27. The molecule has 0 amide bonds. The summed E-state index contributed by atoms with van der Waals surface area (Å²) in [6, 6.07) is 3.71. The first kappa shape index (κ1) is 17.1. The molecule has 132 valence electrons. The van der Waals surface area contributed by atoms with Gasteiger partial charge in [-0.2, -0.15) is 4.98 Å². The van der Waals surface area contributed by atoms with Crippen molar-refractivity contribution in [3.05, 3.63) is 40.1 Å². The number of nitrogens with two attached hydrogens (primary N) is 1. The molecule has 1 unspecified atom stereocenters. The lowest BCUT2D eigenvalue weighted by molar-refractivity contribution is 0.665. The van der Waals surface area contributed by atoms with E-state index in [4.69, 9.17) is 10.5 Å². The van der Waals surface area contributed by atoms with Crippen LogP contribution in [0.2, 0.25) is 0 Å². The fourth-order valence-corrected chi connectivity index (χ4v) is 3.72. The molecule has 0 aliphatic rings. The van der Waals surface area contributed by atoms with Crippen LogP contribution in [0.5, 0.6) is 0 Å². The average molecular weight is 361 g/mol. The molecule has 3 aromatic heterocycles. The zero-order valence-electron chi connectivity index (χ0n) is 13.9. The number of aromatic nitrogens is 5. The van der Waals surface area contributed by atoms with Gasteiger partial charge in [0.05, 0.1) is 6.54 Å². The second kappa shape index (κ2) is 6.28. The van der Waals surface area contributed by atoms with Gasteiger partial charge < -0.3 is 10.7 Å². The van der Waals surface area contributed by atoms with Crippen molar-refractivity contribution < 1.29 is 4.21 Å². The maximum absolute atomic E-state index is 12.5. The van der Waals surface area contributed by atoms with Gasteiger partial charge in [-0.25, -0.2) is 18.8 Å². The number of anilines is 1. The van der Waals surface area contributed by atoms with Crippen LogP contribution in [0.1, 0.15) is 24.6 Å². The van der Waals surface area contributed by atoms with Gasteiger partial charge in [0.1, 0.15) is 15.2 Å². The SMILES string of the molecule is CCCS(=N)(=O)c1nc(N)c2[nH]c(=O)n(Cc3ccc(C)nc3)c2n1. The highest BCUT2D eigenvalue weighted by Crippen LogP contribution is 2.18. The number of hydrogen-bond acceptors (Lipinski definition) is 7. The summed E-state index contributed by atoms with van der Waals surface area (Å²) >= 11 is 0. The maximum atomic E-state index is 12.5. The predicted molar refractivity (Wildman–Crippen MR) is 94.9 cm³/mol. The smallest absolute Gasteiger partial charge is 0.328 e. The number of nitrogens with one attached hydrogen (secondary N) is 2. The number of aromatic amines is 1. The summed E-state index contributed by atoms with van der Waals surface area (Å²) in [6.45, 7) is 3.93. The van der Waals surface area contributed by atoms with Crippen molar-refractivity contribution in [2.24, 2.45) is 0 Å². The van der Waals surface area contributed by atoms with Gasteiger partial charge in [-0.05, 0) is 25.0 Å². The van der Waals surface area contributed by atoms with Crippen molar-refractivity contribution in [3.8, 4) is 0 Å². The molecule has 0 bridgehead atoms. The Balaban J connectivity index is 2.15. The average Bonchev–Trinajstić information content (AvgIpc) is 2.86. The minimum atomic E-state index is -3.15. The molecule has 3 aromatic rings. The molecule has 25 heavy (non-hydrogen) atoms. The summed E-state index contributed by atoms with van der Waals surface area (Å²) in [6.07, 6.45) is 2.23. The van der Waals surface area contributed by atoms with Crippen molar-refractivity contribution in [1.82, 2.24) is 24.5 Å². The number of hydrogen-bond donors (Lipinski definition) is 3. The summed E-state index contributed by atoms with van der Waals surface area (Å²) in [5.74, 6) is 0.142. The Morgan fingerprint density at radius 2 is 2.12 bits per heavy atom. The van der Waals surface area contributed by atoms with Crippen molar-refractivity contribution in [1.29, 1.82) is 4.78 Å². The molecule has 0 radical (unpaired) electrons. The molecule has 3 heterocycles. The first-order valence-corrected chi connectivity index (χ1v) is 9.48. The Kier molecular flexibility index (Phi) is 4.29. The van der Waals surface area contributed by atoms with E-state index in [-0.39, 0.29) is 34.4 Å². The molecule has 1 atom stereocenters. The first-order valence-electron chi connectivity index (χ1n) is 7.76. The van der Waals surface area contributed by atoms with Gasteiger partial charge in [0.15, 0.2) is 11.5 Å². The zero-order valence-corrected chi connectivity index (χ0v) is 14.8. The molecular formula is C15H19N7O2S. The van der Waals surface area contributed by atoms with Crippen molar-refractivity contribution in [2.75, 3.05) is 11.5 Å². The Morgan fingerprint density at radius 1 is 1.36 bits per heavy atom. The number of fused-ring (bicyclic) bond motifs is 1. The molecule has 4 N–H and O–H groups in total. The van der Waals surface area contributed by atoms with E-state index in [0.29, 0.717) is 6.42 Å². The number of nitrogens with zero attached hydrogens (tertiary/aromatic N) is 4. The van der Waals surface area contributed by atoms with Crippen LogP contribution in [-0.4, -0.2) is 34.5 Å². The molecular weight excluding hydrogens is 342 g/mol. The number of imidazole rings is 1. The van der Waals surface area contributed by atoms with Gasteiger partial charge in [-0.15, -0.1) is 0 Å². The molecule has 0 spiro atoms. The van der Waals surface area contributed by atoms with Crippen LogP contribution in [0.4, 0.5) is 5.82 Å². The minimum absolute atomic E-state index is 0.00830. The monoisotopic (exact) mass is 361 g/mol. The van der Waals surface area contributed by atoms with Crippen molar-refractivity contribution >= 4 is 26.7 Å². The van der Waals surface area contributed by atoms with Crippen LogP contribution in [0.25, 0.3) is 11.2 Å². The number of aryl methyl sites for hydroxylation is 1. The second-order valence-electron chi connectivity index (χ2n) is 5.79. The van der Waals surface area contributed by atoms with Crippen LogP contribution in [0.3, 0.4) is 0 Å². The lowest BCUT2D eigenvalue weighted by atomic mass is 10.2. The van der Waals surface area contributed by atoms with E-state index in [2.05, 4.69) is 19.9 Å². The van der Waals surface area contributed by atoms with E-state index in [1.807, 2.05) is 26.0 Å². The van der Waals surface area contributed by atoms with Crippen molar-refractivity contribution in [3.63, 3.8) is 0 Å². The highest BCUT2D eigenvalue weighted by Gasteiger charge is 2.19. The maximum Gasteiger partial charge on any atom is 0.328 e. The number of H-pyrrole nitrogens is 1. The van der Waals surface area contributed by atoms with Crippen LogP contribution in [-0.2, 0) is 16.3 Å². The summed E-state index contributed by atoms with van der Waals surface area (Å²) in [4.78, 5) is 27.3. The number of pyridine rings is 1. The fraction of sp³-hybridized carbons (Fsp3) is 0.333. The summed E-state index contributed by atoms with van der Waals surface area (Å²) in [5, 5.41) is -0.144. The third kappa shape index (κ3) is 3.25. The van der Waals surface area contributed by atoms with Gasteiger partial charge in [0.25, 0.3) is 0 Å².